The molecule has 0 unspecified atom stereocenters. The molecule has 2 aromatic carbocycles. The summed E-state index contributed by atoms with van der Waals surface area (Å²) in [6, 6.07) is 11.8. The topological polar surface area (TPSA) is 254 Å². The molecule has 3 atom stereocenters. The van der Waals surface area contributed by atoms with Gasteiger partial charge in [-0.05, 0) is 74.7 Å². The van der Waals surface area contributed by atoms with Crippen molar-refractivity contribution in [3.63, 3.8) is 0 Å². The molecular weight excluding hydrogens is 456 g/mol. The lowest BCUT2D eigenvalue weighted by Crippen LogP contribution is -2.32. The Balaban J connectivity index is 0.000000506. The quantitative estimate of drug-likeness (QED) is 0.206. The van der Waals surface area contributed by atoms with Gasteiger partial charge in [-0.15, -0.1) is 0 Å². The lowest BCUT2D eigenvalue weighted by atomic mass is 10.1. The average molecular weight is 493 g/mol. The second-order valence-corrected chi connectivity index (χ2v) is 7.59. The first-order chi connectivity index (χ1) is 16.4. The Morgan fingerprint density at radius 1 is 0.800 bits per heavy atom. The first-order valence-electron chi connectivity index (χ1n) is 10.7. The van der Waals surface area contributed by atoms with E-state index in [1.807, 2.05) is 0 Å². The predicted molar refractivity (Wildman–Crippen MR) is 136 cm³/mol. The third-order valence-electron chi connectivity index (χ3n) is 4.45. The molecule has 0 radical (unpaired) electrons. The van der Waals surface area contributed by atoms with Crippen LogP contribution >= 0.6 is 0 Å². The van der Waals surface area contributed by atoms with Crippen molar-refractivity contribution >= 4 is 35.0 Å². The van der Waals surface area contributed by atoms with Crippen molar-refractivity contribution in [3.8, 4) is 0 Å². The largest absolute Gasteiger partial charge is 0.480 e. The summed E-state index contributed by atoms with van der Waals surface area (Å²) in [6.45, 7) is 2.08. The highest BCUT2D eigenvalue weighted by Gasteiger charge is 2.11. The molecule has 0 saturated heterocycles. The minimum Gasteiger partial charge on any atom is -0.480 e. The van der Waals surface area contributed by atoms with Gasteiger partial charge < -0.3 is 49.3 Å². The van der Waals surface area contributed by atoms with Gasteiger partial charge in [0.2, 0.25) is 0 Å². The fraction of sp³-hybridized carbons (Fsp3) is 0.348. The summed E-state index contributed by atoms with van der Waals surface area (Å²) < 4.78 is 0. The van der Waals surface area contributed by atoms with Gasteiger partial charge >= 0.3 is 17.9 Å². The summed E-state index contributed by atoms with van der Waals surface area (Å²) in [5.74, 6) is -2.82. The van der Waals surface area contributed by atoms with Gasteiger partial charge in [-0.25, -0.2) is 0 Å². The normalized spacial score (nSPS) is 12.5. The number of carboxylic acids is 3. The minimum absolute atomic E-state index is 0.329. The maximum Gasteiger partial charge on any atom is 0.325 e. The highest BCUT2D eigenvalue weighted by Crippen LogP contribution is 2.11. The minimum atomic E-state index is -0.989. The predicted octanol–water partition coefficient (Wildman–Crippen LogP) is 0.514. The summed E-state index contributed by atoms with van der Waals surface area (Å²) in [5.41, 5.74) is 29.5. The maximum atomic E-state index is 10.5. The summed E-state index contributed by atoms with van der Waals surface area (Å²) in [5, 5.41) is 28.2. The van der Waals surface area contributed by atoms with E-state index in [4.69, 9.17) is 44.0 Å². The first kappa shape index (κ1) is 31.1. The molecule has 0 amide bonds. The number of nitrogens with two attached hydrogens (primary N) is 5. The van der Waals surface area contributed by atoms with E-state index in [2.05, 4.69) is 5.32 Å². The van der Waals surface area contributed by atoms with Crippen molar-refractivity contribution in [2.75, 3.05) is 23.3 Å². The van der Waals surface area contributed by atoms with E-state index < -0.39 is 36.0 Å². The molecule has 0 spiro atoms. The first-order valence-corrected chi connectivity index (χ1v) is 10.7. The van der Waals surface area contributed by atoms with Gasteiger partial charge in [0.25, 0.3) is 0 Å². The van der Waals surface area contributed by atoms with E-state index in [0.717, 1.165) is 11.3 Å². The number of rotatable bonds is 10. The van der Waals surface area contributed by atoms with Crippen LogP contribution in [0.15, 0.2) is 48.5 Å². The maximum absolute atomic E-state index is 10.5. The van der Waals surface area contributed by atoms with Crippen LogP contribution in [0.5, 0.6) is 0 Å². The highest BCUT2D eigenvalue weighted by molar-refractivity contribution is 5.77. The fourth-order valence-electron chi connectivity index (χ4n) is 2.35. The van der Waals surface area contributed by atoms with E-state index in [1.54, 1.807) is 55.5 Å². The van der Waals surface area contributed by atoms with Crippen molar-refractivity contribution in [2.45, 2.75) is 44.3 Å². The molecule has 2 rings (SSSR count). The van der Waals surface area contributed by atoms with Crippen LogP contribution in [-0.2, 0) is 20.8 Å². The lowest BCUT2D eigenvalue weighted by Gasteiger charge is -2.10. The van der Waals surface area contributed by atoms with Crippen LogP contribution in [0.3, 0.4) is 0 Å². The molecule has 0 bridgehead atoms. The summed E-state index contributed by atoms with van der Waals surface area (Å²) in [7, 11) is 0. The van der Waals surface area contributed by atoms with Crippen LogP contribution in [0.4, 0.5) is 17.1 Å². The van der Waals surface area contributed by atoms with Crippen LogP contribution in [-0.4, -0.2) is 57.9 Å². The Hall–Kier alpha value is -3.87. The second kappa shape index (κ2) is 16.7. The Morgan fingerprint density at radius 2 is 1.26 bits per heavy atom. The molecule has 0 aromatic heterocycles. The Bertz CT molecular complexity index is 844. The number of carboxylic acid groups (broad SMARTS) is 3. The number of aliphatic carboxylic acids is 3. The molecule has 12 heteroatoms. The Morgan fingerprint density at radius 3 is 1.66 bits per heavy atom. The summed E-state index contributed by atoms with van der Waals surface area (Å²) in [6.07, 6.45) is 1.47. The van der Waals surface area contributed by atoms with Crippen LogP contribution in [0.2, 0.25) is 0 Å². The number of benzene rings is 2. The Kier molecular flexibility index (Phi) is 14.9. The molecule has 2 aromatic rings. The van der Waals surface area contributed by atoms with Gasteiger partial charge in [-0.3, -0.25) is 14.4 Å². The molecule has 12 nitrogen and oxygen atoms in total. The number of hydrogen-bond acceptors (Lipinski definition) is 9. The zero-order valence-corrected chi connectivity index (χ0v) is 19.6. The zero-order chi connectivity index (χ0) is 27.0. The molecule has 0 aliphatic rings. The van der Waals surface area contributed by atoms with Gasteiger partial charge in [0.1, 0.15) is 18.1 Å². The average Bonchev–Trinajstić information content (AvgIpc) is 2.81. The second-order valence-electron chi connectivity index (χ2n) is 7.59. The third kappa shape index (κ3) is 14.8. The van der Waals surface area contributed by atoms with Crippen molar-refractivity contribution in [2.24, 2.45) is 17.2 Å². The number of nitrogens with one attached hydrogen (secondary N) is 1. The smallest absolute Gasteiger partial charge is 0.325 e. The van der Waals surface area contributed by atoms with E-state index in [9.17, 15) is 14.4 Å². The van der Waals surface area contributed by atoms with E-state index >= 15 is 0 Å². The van der Waals surface area contributed by atoms with E-state index in [-0.39, 0.29) is 0 Å². The van der Waals surface area contributed by atoms with Crippen molar-refractivity contribution in [1.82, 2.24) is 0 Å². The van der Waals surface area contributed by atoms with Gasteiger partial charge in [-0.1, -0.05) is 12.1 Å². The van der Waals surface area contributed by atoms with E-state index in [0.29, 0.717) is 37.2 Å². The standard InChI is InChI=1S/2C9H12N2O2.C5H12N2O2/c1-6(9(12)13)11-8-4-2-7(10)3-5-8;10-7-3-1-6(2-4-7)5-8(11)9(12)13;6-3-1-2-4(7)5(8)9/h2-6,11H,10H2,1H3,(H,12,13);1-4,8H,5,10-11H2,(H,12,13);4H,1-3,6-7H2,(H,8,9)/t6-;8-;4-/m000/s1. The molecule has 0 heterocycles. The van der Waals surface area contributed by atoms with Crippen molar-refractivity contribution in [1.29, 1.82) is 0 Å². The number of nitrogen functional groups attached to an aromatic ring is 2. The van der Waals surface area contributed by atoms with Crippen LogP contribution < -0.4 is 34.0 Å². The monoisotopic (exact) mass is 492 g/mol. The van der Waals surface area contributed by atoms with Crippen molar-refractivity contribution < 1.29 is 29.7 Å². The van der Waals surface area contributed by atoms with Gasteiger partial charge in [-0.2, -0.15) is 0 Å². The number of anilines is 3. The lowest BCUT2D eigenvalue weighted by molar-refractivity contribution is -0.139. The third-order valence-corrected chi connectivity index (χ3v) is 4.45. The molecular formula is C23H36N6O6. The summed E-state index contributed by atoms with van der Waals surface area (Å²) >= 11 is 0. The molecule has 0 fully saturated rings. The Labute approximate surface area is 204 Å². The van der Waals surface area contributed by atoms with Gasteiger partial charge in [0.05, 0.1) is 0 Å². The summed E-state index contributed by atoms with van der Waals surface area (Å²) in [4.78, 5) is 30.9. The van der Waals surface area contributed by atoms with Crippen LogP contribution in [0.1, 0.15) is 25.3 Å². The van der Waals surface area contributed by atoms with Gasteiger partial charge in [0, 0.05) is 17.1 Å². The number of carbonyl (C=O) groups is 3. The van der Waals surface area contributed by atoms with Crippen LogP contribution in [0.25, 0.3) is 0 Å². The molecule has 35 heavy (non-hydrogen) atoms. The highest BCUT2D eigenvalue weighted by atomic mass is 16.4. The molecule has 0 aliphatic carbocycles. The van der Waals surface area contributed by atoms with Gasteiger partial charge in [0.15, 0.2) is 0 Å². The van der Waals surface area contributed by atoms with Crippen LogP contribution in [0, 0.1) is 0 Å². The van der Waals surface area contributed by atoms with Crippen molar-refractivity contribution in [3.05, 3.63) is 54.1 Å². The van der Waals surface area contributed by atoms with E-state index in [1.165, 1.54) is 0 Å². The molecule has 0 saturated carbocycles. The molecule has 0 aliphatic heterocycles. The zero-order valence-electron chi connectivity index (χ0n) is 19.6. The fourth-order valence-corrected chi connectivity index (χ4v) is 2.35. The SMILES string of the molecule is C[C@H](Nc1ccc(N)cc1)C(=O)O.NCCC[C@H](N)C(=O)O.Nc1ccc(C[C@H](N)C(=O)O)cc1. The molecule has 14 N–H and O–H groups in total. The molecule has 194 valence electrons. The number of hydrogen-bond donors (Lipinski definition) is 9.